The maximum atomic E-state index is 15.0. The third kappa shape index (κ3) is 3.61. The quantitative estimate of drug-likeness (QED) is 0.521. The predicted octanol–water partition coefficient (Wildman–Crippen LogP) is 1.76. The zero-order chi connectivity index (χ0) is 26.8. The molecule has 0 bridgehead atoms. The number of rotatable bonds is 3. The standard InChI is InChI=1S/C28H23FN6O4/c1-15-2-3-21-31-13-20(35(21)14-15)22-23(27(37)32-26(22)36)24-18-12-17(29)10-16-11-19(34(25(16)18)5-4-30-24)28(38)33-6-8-39-9-7-33/h2-5,10,12-14,19H,6-9,11H2,1H3,(H,32,36,37). The largest absolute Gasteiger partial charge is 0.378 e. The Morgan fingerprint density at radius 2 is 1.92 bits per heavy atom. The molecule has 7 rings (SSSR count). The monoisotopic (exact) mass is 526 g/mol. The van der Waals surface area contributed by atoms with Crippen LogP contribution >= 0.6 is 0 Å². The molecule has 0 spiro atoms. The number of aromatic nitrogens is 2. The SMILES string of the molecule is Cc1ccc2ncc(C3=C(C4=NC=CN5c6c(cc(F)cc64)CC5C(=O)N4CCOCC4)C(=O)NC3=O)n2c1. The van der Waals surface area contributed by atoms with E-state index in [-0.39, 0.29) is 22.8 Å². The molecule has 1 saturated heterocycles. The third-order valence-electron chi connectivity index (χ3n) is 7.53. The zero-order valence-electron chi connectivity index (χ0n) is 21.0. The predicted molar refractivity (Wildman–Crippen MR) is 139 cm³/mol. The van der Waals surface area contributed by atoms with E-state index in [1.807, 2.05) is 25.3 Å². The van der Waals surface area contributed by atoms with Crippen LogP contribution in [0.1, 0.15) is 22.4 Å². The first-order valence-electron chi connectivity index (χ1n) is 12.7. The molecule has 6 heterocycles. The van der Waals surface area contributed by atoms with Crippen LogP contribution in [0.4, 0.5) is 10.1 Å². The van der Waals surface area contributed by atoms with Gasteiger partial charge in [0.2, 0.25) is 5.91 Å². The molecule has 1 aromatic carbocycles. The number of hydrogen-bond donors (Lipinski definition) is 1. The smallest absolute Gasteiger partial charge is 0.261 e. The Morgan fingerprint density at radius 3 is 2.74 bits per heavy atom. The molecule has 39 heavy (non-hydrogen) atoms. The van der Waals surface area contributed by atoms with Gasteiger partial charge < -0.3 is 14.5 Å². The first-order valence-corrected chi connectivity index (χ1v) is 12.7. The van der Waals surface area contributed by atoms with Crippen molar-refractivity contribution in [2.24, 2.45) is 4.99 Å². The van der Waals surface area contributed by atoms with Crippen molar-refractivity contribution >= 4 is 40.3 Å². The molecule has 1 atom stereocenters. The zero-order valence-corrected chi connectivity index (χ0v) is 21.0. The topological polar surface area (TPSA) is 109 Å². The molecule has 10 nitrogen and oxygen atoms in total. The van der Waals surface area contributed by atoms with Gasteiger partial charge in [-0.05, 0) is 36.2 Å². The molecular formula is C28H23FN6O4. The number of nitrogens with zero attached hydrogens (tertiary/aromatic N) is 5. The number of hydrogen-bond acceptors (Lipinski definition) is 7. The lowest BCUT2D eigenvalue weighted by Crippen LogP contribution is -2.49. The van der Waals surface area contributed by atoms with Crippen molar-refractivity contribution in [2.75, 3.05) is 31.2 Å². The summed E-state index contributed by atoms with van der Waals surface area (Å²) in [5, 5.41) is 2.38. The fourth-order valence-corrected chi connectivity index (χ4v) is 5.78. The second-order valence-corrected chi connectivity index (χ2v) is 9.91. The highest BCUT2D eigenvalue weighted by Gasteiger charge is 2.42. The summed E-state index contributed by atoms with van der Waals surface area (Å²) in [7, 11) is 0. The first kappa shape index (κ1) is 23.5. The van der Waals surface area contributed by atoms with E-state index in [1.165, 1.54) is 24.5 Å². The molecule has 1 fully saturated rings. The fraction of sp³-hybridized carbons (Fsp3) is 0.250. The molecule has 11 heteroatoms. The highest BCUT2D eigenvalue weighted by atomic mass is 19.1. The van der Waals surface area contributed by atoms with Crippen LogP contribution in [-0.2, 0) is 25.5 Å². The van der Waals surface area contributed by atoms with Crippen LogP contribution in [0.15, 0.2) is 59.6 Å². The third-order valence-corrected chi connectivity index (χ3v) is 7.53. The lowest BCUT2D eigenvalue weighted by molar-refractivity contribution is -0.136. The second-order valence-electron chi connectivity index (χ2n) is 9.91. The summed E-state index contributed by atoms with van der Waals surface area (Å²) in [5.74, 6) is -1.81. The lowest BCUT2D eigenvalue weighted by Gasteiger charge is -2.32. The number of carbonyl (C=O) groups excluding carboxylic acids is 3. The first-order chi connectivity index (χ1) is 18.9. The Bertz CT molecular complexity index is 1700. The minimum absolute atomic E-state index is 0.0329. The Hall–Kier alpha value is -4.64. The van der Waals surface area contributed by atoms with Crippen LogP contribution in [0.3, 0.4) is 0 Å². The Balaban J connectivity index is 1.38. The Kier molecular flexibility index (Phi) is 5.24. The van der Waals surface area contributed by atoms with E-state index in [9.17, 15) is 14.4 Å². The molecule has 3 amide bonds. The molecule has 3 aromatic rings. The summed E-state index contributed by atoms with van der Waals surface area (Å²) >= 11 is 0. The molecular weight excluding hydrogens is 503 g/mol. The van der Waals surface area contributed by atoms with Gasteiger partial charge in [-0.3, -0.25) is 29.1 Å². The molecule has 1 unspecified atom stereocenters. The number of imidazole rings is 1. The van der Waals surface area contributed by atoms with E-state index in [0.29, 0.717) is 60.9 Å². The van der Waals surface area contributed by atoms with Crippen LogP contribution in [0.5, 0.6) is 0 Å². The summed E-state index contributed by atoms with van der Waals surface area (Å²) in [6.45, 7) is 3.83. The van der Waals surface area contributed by atoms with E-state index >= 15 is 4.39 Å². The minimum atomic E-state index is -0.629. The number of anilines is 1. The fourth-order valence-electron chi connectivity index (χ4n) is 5.78. The maximum Gasteiger partial charge on any atom is 0.261 e. The van der Waals surface area contributed by atoms with Crippen LogP contribution in [-0.4, -0.2) is 70.1 Å². The van der Waals surface area contributed by atoms with Crippen LogP contribution in [0.2, 0.25) is 0 Å². The van der Waals surface area contributed by atoms with Crippen molar-refractivity contribution in [2.45, 2.75) is 19.4 Å². The molecule has 1 N–H and O–H groups in total. The van der Waals surface area contributed by atoms with Crippen LogP contribution in [0.25, 0.3) is 11.2 Å². The van der Waals surface area contributed by atoms with Gasteiger partial charge >= 0.3 is 0 Å². The number of fused-ring (bicyclic) bond motifs is 1. The van der Waals surface area contributed by atoms with Gasteiger partial charge in [-0.25, -0.2) is 9.37 Å². The van der Waals surface area contributed by atoms with Crippen LogP contribution < -0.4 is 10.2 Å². The van der Waals surface area contributed by atoms with Gasteiger partial charge in [0.15, 0.2) is 0 Å². The molecule has 4 aliphatic rings. The molecule has 2 aromatic heterocycles. The number of amides is 3. The van der Waals surface area contributed by atoms with Gasteiger partial charge in [-0.1, -0.05) is 6.07 Å². The number of imide groups is 1. The van der Waals surface area contributed by atoms with E-state index in [2.05, 4.69) is 15.3 Å². The van der Waals surface area contributed by atoms with Crippen LogP contribution in [0, 0.1) is 12.7 Å². The second kappa shape index (κ2) is 8.70. The van der Waals surface area contributed by atoms with Gasteiger partial charge in [-0.15, -0.1) is 0 Å². The number of ether oxygens (including phenoxy) is 1. The number of morpholine rings is 1. The summed E-state index contributed by atoms with van der Waals surface area (Å²) in [5.41, 5.74) is 3.85. The number of pyridine rings is 1. The number of benzene rings is 1. The van der Waals surface area contributed by atoms with Gasteiger partial charge in [0.1, 0.15) is 17.5 Å². The summed E-state index contributed by atoms with van der Waals surface area (Å²) in [4.78, 5) is 52.4. The van der Waals surface area contributed by atoms with Crippen molar-refractivity contribution in [3.05, 3.63) is 82.8 Å². The average molecular weight is 527 g/mol. The number of nitrogens with one attached hydrogen (secondary N) is 1. The van der Waals surface area contributed by atoms with Crippen molar-refractivity contribution in [3.63, 3.8) is 0 Å². The summed E-state index contributed by atoms with van der Waals surface area (Å²) < 4.78 is 22.2. The number of halogens is 1. The van der Waals surface area contributed by atoms with E-state index < -0.39 is 23.7 Å². The highest BCUT2D eigenvalue weighted by Crippen LogP contribution is 2.41. The van der Waals surface area contributed by atoms with Crippen molar-refractivity contribution < 1.29 is 23.5 Å². The van der Waals surface area contributed by atoms with E-state index in [1.54, 1.807) is 20.4 Å². The molecule has 0 saturated carbocycles. The van der Waals surface area contributed by atoms with E-state index in [4.69, 9.17) is 4.74 Å². The average Bonchev–Trinajstić information content (AvgIpc) is 3.54. The summed E-state index contributed by atoms with van der Waals surface area (Å²) in [6.07, 6.45) is 6.83. The number of aryl methyl sites for hydroxylation is 1. The number of aliphatic imine (C=N–C) groups is 1. The highest BCUT2D eigenvalue weighted by molar-refractivity contribution is 6.47. The summed E-state index contributed by atoms with van der Waals surface area (Å²) in [6, 6.07) is 5.86. The Labute approximate surface area is 222 Å². The van der Waals surface area contributed by atoms with Gasteiger partial charge in [0.05, 0.1) is 47.6 Å². The van der Waals surface area contributed by atoms with E-state index in [0.717, 1.165) is 5.56 Å². The molecule has 0 aliphatic carbocycles. The van der Waals surface area contributed by atoms with Crippen molar-refractivity contribution in [1.82, 2.24) is 19.6 Å². The maximum absolute atomic E-state index is 15.0. The van der Waals surface area contributed by atoms with Crippen molar-refractivity contribution in [3.8, 4) is 0 Å². The van der Waals surface area contributed by atoms with Gasteiger partial charge in [0, 0.05) is 43.7 Å². The normalized spacial score (nSPS) is 20.5. The van der Waals surface area contributed by atoms with Crippen molar-refractivity contribution in [1.29, 1.82) is 0 Å². The Morgan fingerprint density at radius 1 is 1.13 bits per heavy atom. The molecule has 0 radical (unpaired) electrons. The molecule has 196 valence electrons. The number of carbonyl (C=O) groups is 3. The minimum Gasteiger partial charge on any atom is -0.378 e. The van der Waals surface area contributed by atoms with Gasteiger partial charge in [0.25, 0.3) is 11.8 Å². The lowest BCUT2D eigenvalue weighted by atomic mass is 9.94. The van der Waals surface area contributed by atoms with Gasteiger partial charge in [-0.2, -0.15) is 0 Å². The molecule has 4 aliphatic heterocycles.